The number of H-pyrrole nitrogens is 1. The Kier molecular flexibility index (Phi) is 10.00. The maximum Gasteiger partial charge on any atom is 0.330 e. The van der Waals surface area contributed by atoms with Crippen molar-refractivity contribution < 1.29 is 38.7 Å². The minimum Gasteiger partial charge on any atom is -0.394 e. The van der Waals surface area contributed by atoms with Crippen LogP contribution in [0.4, 0.5) is 0 Å². The molecule has 2 heterocycles. The second-order valence-corrected chi connectivity index (χ2v) is 6.50. The van der Waals surface area contributed by atoms with Gasteiger partial charge < -0.3 is 38.7 Å². The van der Waals surface area contributed by atoms with Crippen LogP contribution in [-0.4, -0.2) is 76.9 Å². The molecule has 0 bridgehead atoms. The normalized spacial score (nSPS) is 23.7. The molecule has 1 fully saturated rings. The van der Waals surface area contributed by atoms with Crippen LogP contribution in [0.3, 0.4) is 0 Å². The van der Waals surface area contributed by atoms with Gasteiger partial charge in [0.25, 0.3) is 12.0 Å². The number of aliphatic hydroxyl groups excluding tert-OH is 2. The van der Waals surface area contributed by atoms with Crippen molar-refractivity contribution in [2.45, 2.75) is 56.7 Å². The summed E-state index contributed by atoms with van der Waals surface area (Å²) in [6.07, 6.45) is -0.729. The van der Waals surface area contributed by atoms with Gasteiger partial charge in [-0.2, -0.15) is 0 Å². The predicted octanol–water partition coefficient (Wildman–Crippen LogP) is -1.55. The molecular weight excluding hydrogens is 404 g/mol. The average molecular weight is 430 g/mol. The molecule has 1 saturated heterocycles. The molecular formula is C18H26N2O10. The Balaban J connectivity index is 2.16. The second kappa shape index (κ2) is 12.5. The number of nitrogens with zero attached hydrogens (tertiary/aromatic N) is 1. The molecule has 2 rings (SSSR count). The summed E-state index contributed by atoms with van der Waals surface area (Å²) < 4.78 is 23.2. The lowest BCUT2D eigenvalue weighted by Gasteiger charge is -2.27. The minimum absolute atomic E-state index is 0.119. The Morgan fingerprint density at radius 1 is 1.17 bits per heavy atom. The molecule has 12 nitrogen and oxygen atoms in total. The van der Waals surface area contributed by atoms with E-state index in [1.807, 2.05) is 0 Å². The Hall–Kier alpha value is -2.22. The van der Waals surface area contributed by atoms with Crippen molar-refractivity contribution in [3.63, 3.8) is 0 Å². The maximum absolute atomic E-state index is 12.1. The van der Waals surface area contributed by atoms with Crippen LogP contribution in [0, 0.1) is 0 Å². The second-order valence-electron chi connectivity index (χ2n) is 6.50. The van der Waals surface area contributed by atoms with E-state index < -0.39 is 48.9 Å². The lowest BCUT2D eigenvalue weighted by Crippen LogP contribution is -2.42. The zero-order chi connectivity index (χ0) is 21.9. The fourth-order valence-corrected chi connectivity index (χ4v) is 2.81. The van der Waals surface area contributed by atoms with Gasteiger partial charge >= 0.3 is 5.69 Å². The molecule has 0 spiro atoms. The van der Waals surface area contributed by atoms with Crippen LogP contribution in [0.5, 0.6) is 0 Å². The number of carbonyl (C=O) groups is 2. The third-order valence-corrected chi connectivity index (χ3v) is 4.33. The van der Waals surface area contributed by atoms with E-state index in [1.54, 1.807) is 0 Å². The van der Waals surface area contributed by atoms with Crippen molar-refractivity contribution in [1.82, 2.24) is 9.55 Å². The number of carbonyl (C=O) groups excluding carboxylic acids is 2. The smallest absolute Gasteiger partial charge is 0.330 e. The molecule has 0 aromatic carbocycles. The van der Waals surface area contributed by atoms with Crippen molar-refractivity contribution in [3.05, 3.63) is 33.1 Å². The Bertz CT molecular complexity index is 763. The van der Waals surface area contributed by atoms with Crippen molar-refractivity contribution in [2.75, 3.05) is 19.8 Å². The third kappa shape index (κ3) is 6.65. The van der Waals surface area contributed by atoms with Gasteiger partial charge in [0.05, 0.1) is 19.8 Å². The van der Waals surface area contributed by atoms with Crippen LogP contribution in [0.1, 0.15) is 31.9 Å². The first-order valence-electron chi connectivity index (χ1n) is 9.53. The van der Waals surface area contributed by atoms with Crippen molar-refractivity contribution >= 4 is 12.6 Å². The van der Waals surface area contributed by atoms with Gasteiger partial charge in [-0.1, -0.05) is 0 Å². The number of ether oxygens (including phenoxy) is 4. The van der Waals surface area contributed by atoms with E-state index in [4.69, 9.17) is 18.9 Å². The summed E-state index contributed by atoms with van der Waals surface area (Å²) >= 11 is 0. The summed E-state index contributed by atoms with van der Waals surface area (Å²) in [7, 11) is 0. The van der Waals surface area contributed by atoms with Gasteiger partial charge in [-0.3, -0.25) is 14.3 Å². The molecule has 0 radical (unpaired) electrons. The van der Waals surface area contributed by atoms with Gasteiger partial charge in [-0.25, -0.2) is 4.79 Å². The van der Waals surface area contributed by atoms with Crippen LogP contribution in [-0.2, 0) is 28.5 Å². The topological polar surface area (TPSA) is 166 Å². The molecule has 1 aromatic rings. The van der Waals surface area contributed by atoms with Crippen LogP contribution in [0.15, 0.2) is 21.9 Å². The lowest BCUT2D eigenvalue weighted by atomic mass is 10.1. The predicted molar refractivity (Wildman–Crippen MR) is 99.5 cm³/mol. The summed E-state index contributed by atoms with van der Waals surface area (Å²) in [4.78, 5) is 46.5. The summed E-state index contributed by atoms with van der Waals surface area (Å²) in [5.41, 5.74) is -1.40. The van der Waals surface area contributed by atoms with Crippen LogP contribution < -0.4 is 11.2 Å². The largest absolute Gasteiger partial charge is 0.394 e. The monoisotopic (exact) mass is 430 g/mol. The number of aromatic nitrogens is 2. The van der Waals surface area contributed by atoms with Gasteiger partial charge in [0.1, 0.15) is 30.9 Å². The zero-order valence-corrected chi connectivity index (χ0v) is 16.3. The molecule has 2 unspecified atom stereocenters. The Morgan fingerprint density at radius 3 is 2.33 bits per heavy atom. The summed E-state index contributed by atoms with van der Waals surface area (Å²) in [5.74, 6) is 0. The number of aldehydes is 2. The van der Waals surface area contributed by atoms with Gasteiger partial charge in [-0.05, 0) is 12.8 Å². The molecule has 4 atom stereocenters. The van der Waals surface area contributed by atoms with Crippen molar-refractivity contribution in [2.24, 2.45) is 0 Å². The molecule has 1 aromatic heterocycles. The quantitative estimate of drug-likeness (QED) is 0.179. The third-order valence-electron chi connectivity index (χ3n) is 4.33. The molecule has 12 heteroatoms. The molecule has 0 saturated carbocycles. The van der Waals surface area contributed by atoms with Crippen LogP contribution >= 0.6 is 0 Å². The first-order valence-corrected chi connectivity index (χ1v) is 9.53. The number of unbranched alkanes of at least 4 members (excludes halogenated alkanes) is 2. The number of nitrogens with one attached hydrogen (secondary N) is 1. The molecule has 1 aliphatic heterocycles. The fraction of sp³-hybridized carbons (Fsp3) is 0.667. The van der Waals surface area contributed by atoms with Gasteiger partial charge in [0, 0.05) is 25.1 Å². The molecule has 168 valence electrons. The van der Waals surface area contributed by atoms with Crippen LogP contribution in [0.2, 0.25) is 0 Å². The van der Waals surface area contributed by atoms with E-state index in [9.17, 15) is 29.4 Å². The fourth-order valence-electron chi connectivity index (χ4n) is 2.81. The standard InChI is InChI=1S/C18H26N2O10/c21-7-1-3-9-27-18(28-10-4-2-8-22)30-15-14(25)12(11-23)29-16(15)20-6-5-13(24)19-17(20)26/h5-8,12,14-16,18,23,25H,1-4,9-11H2,(H,19,24,26)/t12-,14?,15?,16-/m0/s1. The van der Waals surface area contributed by atoms with Crippen LogP contribution in [0.25, 0.3) is 0 Å². The molecule has 1 aliphatic rings. The van der Waals surface area contributed by atoms with E-state index in [-0.39, 0.29) is 26.1 Å². The first kappa shape index (κ1) is 24.1. The SMILES string of the molecule is O=CCCCOC(OCCCC=O)OC1C(O)[C@H](CO)O[C@@H]1n1ccc(=O)[nH]c1=O. The highest BCUT2D eigenvalue weighted by atomic mass is 16.9. The lowest BCUT2D eigenvalue weighted by molar-refractivity contribution is -0.318. The van der Waals surface area contributed by atoms with E-state index in [2.05, 4.69) is 4.98 Å². The highest BCUT2D eigenvalue weighted by Gasteiger charge is 2.47. The van der Waals surface area contributed by atoms with Gasteiger partial charge in [0.15, 0.2) is 6.23 Å². The summed E-state index contributed by atoms with van der Waals surface area (Å²) in [6.45, 7) is -1.59. The van der Waals surface area contributed by atoms with Crippen molar-refractivity contribution in [3.8, 4) is 0 Å². The van der Waals surface area contributed by atoms with E-state index in [1.165, 1.54) is 6.20 Å². The number of hydrogen-bond acceptors (Lipinski definition) is 10. The number of aliphatic hydroxyl groups is 2. The zero-order valence-electron chi connectivity index (χ0n) is 16.3. The number of rotatable bonds is 14. The minimum atomic E-state index is -1.33. The summed E-state index contributed by atoms with van der Waals surface area (Å²) in [5, 5.41) is 19.9. The highest BCUT2D eigenvalue weighted by Crippen LogP contribution is 2.31. The molecule has 0 amide bonds. The van der Waals surface area contributed by atoms with E-state index in [0.29, 0.717) is 12.8 Å². The van der Waals surface area contributed by atoms with E-state index in [0.717, 1.165) is 23.2 Å². The van der Waals surface area contributed by atoms with Crippen molar-refractivity contribution in [1.29, 1.82) is 0 Å². The average Bonchev–Trinajstić information content (AvgIpc) is 3.03. The van der Waals surface area contributed by atoms with E-state index >= 15 is 0 Å². The highest BCUT2D eigenvalue weighted by molar-refractivity contribution is 5.49. The Labute approximate surface area is 171 Å². The molecule has 30 heavy (non-hydrogen) atoms. The number of hydrogen-bond donors (Lipinski definition) is 3. The first-order chi connectivity index (χ1) is 14.5. The summed E-state index contributed by atoms with van der Waals surface area (Å²) in [6, 6.07) is 1.10. The van der Waals surface area contributed by atoms with Gasteiger partial charge in [0.2, 0.25) is 0 Å². The Morgan fingerprint density at radius 2 is 1.80 bits per heavy atom. The maximum atomic E-state index is 12.1. The molecule has 0 aliphatic carbocycles. The number of aromatic amines is 1. The van der Waals surface area contributed by atoms with Gasteiger partial charge in [-0.15, -0.1) is 0 Å². The molecule has 3 N–H and O–H groups in total.